The maximum Gasteiger partial charge on any atom is 0.408 e. The number of benzene rings is 2. The molecule has 0 fully saturated rings. The van der Waals surface area contributed by atoms with E-state index in [0.29, 0.717) is 24.0 Å². The predicted octanol–water partition coefficient (Wildman–Crippen LogP) is 7.31. The van der Waals surface area contributed by atoms with Gasteiger partial charge in [0.25, 0.3) is 0 Å². The minimum atomic E-state index is -0.550. The van der Waals surface area contributed by atoms with Crippen molar-refractivity contribution in [3.63, 3.8) is 0 Å². The second kappa shape index (κ2) is 16.0. The smallest absolute Gasteiger partial charge is 0.408 e. The fourth-order valence-corrected chi connectivity index (χ4v) is 4.32. The zero-order chi connectivity index (χ0) is 28.8. The standard InChI is InChI=1S/C30H42ClN5O4/c1-30(2,3)40-29(38)34-20-27-35-25-18-23(31)24(19-26(25)36-27)32-16-12-7-5-4-6-8-13-17-33-28(37)39-21-22-14-10-9-11-15-22/h9-11,14-15,18-19,32H,4-8,12-13,16-17,20-21H2,1-3H3,(H,33,37)(H,34,38)(H,35,36). The molecule has 2 amide bonds. The molecule has 1 aromatic heterocycles. The van der Waals surface area contributed by atoms with Gasteiger partial charge in [0.15, 0.2) is 0 Å². The Bertz CT molecular complexity index is 1210. The zero-order valence-corrected chi connectivity index (χ0v) is 24.5. The van der Waals surface area contributed by atoms with Crippen LogP contribution < -0.4 is 16.0 Å². The summed E-state index contributed by atoms with van der Waals surface area (Å²) in [7, 11) is 0. The van der Waals surface area contributed by atoms with Gasteiger partial charge in [0.1, 0.15) is 18.0 Å². The van der Waals surface area contributed by atoms with E-state index in [4.69, 9.17) is 21.1 Å². The number of amides is 2. The highest BCUT2D eigenvalue weighted by Gasteiger charge is 2.16. The Morgan fingerprint density at radius 3 is 2.27 bits per heavy atom. The normalized spacial score (nSPS) is 11.3. The summed E-state index contributed by atoms with van der Waals surface area (Å²) in [5.41, 5.74) is 2.89. The monoisotopic (exact) mass is 571 g/mol. The molecular weight excluding hydrogens is 530 g/mol. The number of halogens is 1. The molecule has 1 heterocycles. The van der Waals surface area contributed by atoms with Crippen LogP contribution in [0.15, 0.2) is 42.5 Å². The highest BCUT2D eigenvalue weighted by Crippen LogP contribution is 2.27. The number of aromatic amines is 1. The molecule has 0 spiro atoms. The average molecular weight is 572 g/mol. The number of rotatable bonds is 15. The van der Waals surface area contributed by atoms with Gasteiger partial charge in [0, 0.05) is 13.1 Å². The third kappa shape index (κ3) is 11.7. The number of imidazole rings is 1. The van der Waals surface area contributed by atoms with Crippen molar-refractivity contribution in [2.75, 3.05) is 18.4 Å². The molecule has 2 aromatic carbocycles. The van der Waals surface area contributed by atoms with E-state index in [1.54, 1.807) is 0 Å². The summed E-state index contributed by atoms with van der Waals surface area (Å²) in [4.78, 5) is 31.4. The summed E-state index contributed by atoms with van der Waals surface area (Å²) < 4.78 is 10.5. The Morgan fingerprint density at radius 2 is 1.57 bits per heavy atom. The molecule has 3 rings (SSSR count). The van der Waals surface area contributed by atoms with Gasteiger partial charge in [0.2, 0.25) is 0 Å². The molecule has 0 saturated heterocycles. The molecule has 3 aromatic rings. The Balaban J connectivity index is 1.22. The van der Waals surface area contributed by atoms with Crippen molar-refractivity contribution in [2.24, 2.45) is 0 Å². The molecule has 0 radical (unpaired) electrons. The van der Waals surface area contributed by atoms with Crippen LogP contribution in [0.2, 0.25) is 5.02 Å². The van der Waals surface area contributed by atoms with E-state index in [2.05, 4.69) is 25.9 Å². The number of anilines is 1. The average Bonchev–Trinajstić information content (AvgIpc) is 3.30. The van der Waals surface area contributed by atoms with Crippen molar-refractivity contribution in [3.8, 4) is 0 Å². The molecule has 0 unspecified atom stereocenters. The first-order valence-corrected chi connectivity index (χ1v) is 14.4. The fourth-order valence-electron chi connectivity index (χ4n) is 4.09. The van der Waals surface area contributed by atoms with Gasteiger partial charge in [-0.05, 0) is 51.3 Å². The third-order valence-electron chi connectivity index (χ3n) is 6.07. The van der Waals surface area contributed by atoms with Gasteiger partial charge in [-0.3, -0.25) is 0 Å². The van der Waals surface area contributed by atoms with Crippen LogP contribution >= 0.6 is 11.6 Å². The summed E-state index contributed by atoms with van der Waals surface area (Å²) in [5, 5.41) is 9.55. The van der Waals surface area contributed by atoms with E-state index >= 15 is 0 Å². The molecule has 0 saturated carbocycles. The van der Waals surface area contributed by atoms with Gasteiger partial charge >= 0.3 is 12.2 Å². The van der Waals surface area contributed by atoms with Crippen LogP contribution in [0.5, 0.6) is 0 Å². The number of ether oxygens (including phenoxy) is 2. The minimum absolute atomic E-state index is 0.238. The molecule has 218 valence electrons. The molecule has 0 atom stereocenters. The number of carbonyl (C=O) groups excluding carboxylic acids is 2. The Labute approximate surface area is 241 Å². The lowest BCUT2D eigenvalue weighted by Gasteiger charge is -2.19. The lowest BCUT2D eigenvalue weighted by atomic mass is 10.1. The number of alkyl carbamates (subject to hydrolysis) is 2. The lowest BCUT2D eigenvalue weighted by molar-refractivity contribution is 0.0522. The number of nitrogens with zero attached hydrogens (tertiary/aromatic N) is 1. The van der Waals surface area contributed by atoms with Crippen LogP contribution in [0, 0.1) is 0 Å². The molecule has 0 aliphatic rings. The SMILES string of the molecule is CC(C)(C)OC(=O)NCc1nc2cc(Cl)c(NCCCCCCCCCNC(=O)OCc3ccccc3)cc2[nH]1. The van der Waals surface area contributed by atoms with Crippen molar-refractivity contribution >= 4 is 40.5 Å². The van der Waals surface area contributed by atoms with Crippen LogP contribution in [0.4, 0.5) is 15.3 Å². The van der Waals surface area contributed by atoms with E-state index in [1.807, 2.05) is 63.2 Å². The molecule has 9 nitrogen and oxygen atoms in total. The van der Waals surface area contributed by atoms with E-state index in [1.165, 1.54) is 12.8 Å². The highest BCUT2D eigenvalue weighted by atomic mass is 35.5. The maximum atomic E-state index is 11.9. The van der Waals surface area contributed by atoms with Gasteiger partial charge in [-0.15, -0.1) is 0 Å². The van der Waals surface area contributed by atoms with Gasteiger partial charge in [-0.25, -0.2) is 14.6 Å². The quantitative estimate of drug-likeness (QED) is 0.142. The van der Waals surface area contributed by atoms with Gasteiger partial charge in [-0.1, -0.05) is 74.0 Å². The molecule has 0 bridgehead atoms. The molecular formula is C30H42ClN5O4. The van der Waals surface area contributed by atoms with Gasteiger partial charge in [-0.2, -0.15) is 0 Å². The number of hydrogen-bond acceptors (Lipinski definition) is 6. The fraction of sp³-hybridized carbons (Fsp3) is 0.500. The highest BCUT2D eigenvalue weighted by molar-refractivity contribution is 6.34. The Morgan fingerprint density at radius 1 is 0.900 bits per heavy atom. The molecule has 0 aliphatic carbocycles. The van der Waals surface area contributed by atoms with E-state index < -0.39 is 11.7 Å². The molecule has 10 heteroatoms. The van der Waals surface area contributed by atoms with Gasteiger partial charge < -0.3 is 30.4 Å². The van der Waals surface area contributed by atoms with Crippen molar-refractivity contribution in [1.82, 2.24) is 20.6 Å². The first kappa shape index (κ1) is 31.1. The zero-order valence-electron chi connectivity index (χ0n) is 23.8. The van der Waals surface area contributed by atoms with Crippen molar-refractivity contribution < 1.29 is 19.1 Å². The van der Waals surface area contributed by atoms with Crippen LogP contribution in [-0.4, -0.2) is 40.8 Å². The second-order valence-corrected chi connectivity index (χ2v) is 11.2. The number of fused-ring (bicyclic) bond motifs is 1. The summed E-state index contributed by atoms with van der Waals surface area (Å²) in [5.74, 6) is 0.632. The van der Waals surface area contributed by atoms with E-state index in [-0.39, 0.29) is 12.6 Å². The second-order valence-electron chi connectivity index (χ2n) is 10.8. The minimum Gasteiger partial charge on any atom is -0.445 e. The topological polar surface area (TPSA) is 117 Å². The van der Waals surface area contributed by atoms with E-state index in [0.717, 1.165) is 60.9 Å². The lowest BCUT2D eigenvalue weighted by Crippen LogP contribution is -2.32. The molecule has 0 aliphatic heterocycles. The number of hydrogen-bond donors (Lipinski definition) is 4. The summed E-state index contributed by atoms with van der Waals surface area (Å²) >= 11 is 6.46. The number of unbranched alkanes of at least 4 members (excludes halogenated alkanes) is 6. The molecule has 40 heavy (non-hydrogen) atoms. The summed E-state index contributed by atoms with van der Waals surface area (Å²) in [6.45, 7) is 7.47. The van der Waals surface area contributed by atoms with Crippen LogP contribution in [0.1, 0.15) is 77.1 Å². The van der Waals surface area contributed by atoms with Crippen LogP contribution in [0.25, 0.3) is 11.0 Å². The predicted molar refractivity (Wildman–Crippen MR) is 160 cm³/mol. The third-order valence-corrected chi connectivity index (χ3v) is 6.38. The van der Waals surface area contributed by atoms with Crippen molar-refractivity contribution in [2.45, 2.75) is 84.5 Å². The van der Waals surface area contributed by atoms with Crippen molar-refractivity contribution in [1.29, 1.82) is 0 Å². The number of carbonyl (C=O) groups is 2. The van der Waals surface area contributed by atoms with Gasteiger partial charge in [0.05, 0.1) is 28.3 Å². The van der Waals surface area contributed by atoms with Crippen LogP contribution in [-0.2, 0) is 22.6 Å². The Hall–Kier alpha value is -3.46. The Kier molecular flexibility index (Phi) is 12.4. The number of H-pyrrole nitrogens is 1. The summed E-state index contributed by atoms with van der Waals surface area (Å²) in [6, 6.07) is 13.4. The largest absolute Gasteiger partial charge is 0.445 e. The first-order valence-electron chi connectivity index (χ1n) is 14.0. The number of nitrogens with one attached hydrogen (secondary N) is 4. The van der Waals surface area contributed by atoms with Crippen molar-refractivity contribution in [3.05, 3.63) is 58.9 Å². The maximum absolute atomic E-state index is 11.9. The van der Waals surface area contributed by atoms with Crippen LogP contribution in [0.3, 0.4) is 0 Å². The number of aromatic nitrogens is 2. The van der Waals surface area contributed by atoms with E-state index in [9.17, 15) is 9.59 Å². The first-order chi connectivity index (χ1) is 19.2. The molecule has 4 N–H and O–H groups in total. The summed E-state index contributed by atoms with van der Waals surface area (Å²) in [6.07, 6.45) is 6.90.